The van der Waals surface area contributed by atoms with E-state index in [1.54, 1.807) is 0 Å². The van der Waals surface area contributed by atoms with E-state index in [9.17, 15) is 4.79 Å². The van der Waals surface area contributed by atoms with E-state index < -0.39 is 6.09 Å². The summed E-state index contributed by atoms with van der Waals surface area (Å²) in [6.45, 7) is 0. The monoisotopic (exact) mass is 180 g/mol. The normalized spacial score (nSPS) is 10.2. The number of nitrogens with one attached hydrogen (secondary N) is 1. The Labute approximate surface area is 71.2 Å². The zero-order chi connectivity index (χ0) is 9.26. The van der Waals surface area contributed by atoms with Crippen LogP contribution in [0.3, 0.4) is 0 Å². The highest BCUT2D eigenvalue weighted by molar-refractivity contribution is 5.66. The maximum absolute atomic E-state index is 10.4. The summed E-state index contributed by atoms with van der Waals surface area (Å²) in [4.78, 5) is 10.9. The van der Waals surface area contributed by atoms with Gasteiger partial charge in [-0.1, -0.05) is 4.80 Å². The molecule has 0 amide bonds. The highest BCUT2D eigenvalue weighted by atomic mass is 16.4. The number of carbonyl (C=O) groups is 1. The molecule has 0 saturated carbocycles. The molecule has 0 aliphatic rings. The van der Waals surface area contributed by atoms with Crippen molar-refractivity contribution in [2.75, 3.05) is 0 Å². The minimum absolute atomic E-state index is 0.358. The quantitative estimate of drug-likeness (QED) is 0.617. The fourth-order valence-corrected chi connectivity index (χ4v) is 0.798. The summed E-state index contributed by atoms with van der Waals surface area (Å²) in [5, 5.41) is 25.3. The SMILES string of the molecule is O=C(O)n1ncc(-c2cn[nH]n2)n1. The molecule has 0 spiro atoms. The van der Waals surface area contributed by atoms with Crippen molar-refractivity contribution in [1.29, 1.82) is 0 Å². The van der Waals surface area contributed by atoms with Crippen LogP contribution in [-0.2, 0) is 0 Å². The lowest BCUT2D eigenvalue weighted by atomic mass is 10.4. The molecule has 2 N–H and O–H groups in total. The van der Waals surface area contributed by atoms with Crippen LogP contribution in [0.1, 0.15) is 0 Å². The third kappa shape index (κ3) is 1.24. The maximum Gasteiger partial charge on any atom is 0.449 e. The molecule has 0 bridgehead atoms. The molecule has 0 aliphatic heterocycles. The van der Waals surface area contributed by atoms with Crippen LogP contribution in [0.5, 0.6) is 0 Å². The van der Waals surface area contributed by atoms with Gasteiger partial charge < -0.3 is 5.11 Å². The standard InChI is InChI=1S/C5H4N6O2/c12-5(13)11-7-2-4(9-11)3-1-6-10-8-3/h1-2H,(H,12,13)(H,6,8,10). The summed E-state index contributed by atoms with van der Waals surface area (Å²) < 4.78 is 0. The number of carboxylic acid groups (broad SMARTS) is 1. The van der Waals surface area contributed by atoms with Gasteiger partial charge in [0, 0.05) is 0 Å². The summed E-state index contributed by atoms with van der Waals surface area (Å²) >= 11 is 0. The van der Waals surface area contributed by atoms with Crippen molar-refractivity contribution in [3.05, 3.63) is 12.4 Å². The zero-order valence-electron chi connectivity index (χ0n) is 6.25. The third-order valence-corrected chi connectivity index (χ3v) is 1.34. The first kappa shape index (κ1) is 7.40. The Bertz CT molecular complexity index is 418. The van der Waals surface area contributed by atoms with E-state index in [4.69, 9.17) is 5.11 Å². The molecule has 0 fully saturated rings. The topological polar surface area (TPSA) is 110 Å². The Balaban J connectivity index is 2.39. The predicted octanol–water partition coefficient (Wildman–Crippen LogP) is -0.411. The first-order valence-electron chi connectivity index (χ1n) is 3.29. The number of hydrogen-bond acceptors (Lipinski definition) is 5. The summed E-state index contributed by atoms with van der Waals surface area (Å²) in [6.07, 6.45) is 1.48. The average molecular weight is 180 g/mol. The Kier molecular flexibility index (Phi) is 1.51. The van der Waals surface area contributed by atoms with Crippen molar-refractivity contribution >= 4 is 6.09 Å². The van der Waals surface area contributed by atoms with E-state index in [1.807, 2.05) is 0 Å². The lowest BCUT2D eigenvalue weighted by Crippen LogP contribution is -2.11. The van der Waals surface area contributed by atoms with Gasteiger partial charge in [-0.05, 0) is 0 Å². The Hall–Kier alpha value is -2.25. The van der Waals surface area contributed by atoms with Crippen molar-refractivity contribution in [2.24, 2.45) is 0 Å². The van der Waals surface area contributed by atoms with Gasteiger partial charge in [0.25, 0.3) is 0 Å². The summed E-state index contributed by atoms with van der Waals surface area (Å²) in [7, 11) is 0. The van der Waals surface area contributed by atoms with E-state index in [0.717, 1.165) is 0 Å². The molecule has 8 heteroatoms. The van der Waals surface area contributed by atoms with E-state index in [-0.39, 0.29) is 0 Å². The van der Waals surface area contributed by atoms with Gasteiger partial charge in [-0.15, -0.1) is 5.10 Å². The van der Waals surface area contributed by atoms with E-state index in [0.29, 0.717) is 16.2 Å². The maximum atomic E-state index is 10.4. The van der Waals surface area contributed by atoms with Crippen LogP contribution < -0.4 is 0 Å². The Morgan fingerprint density at radius 1 is 1.46 bits per heavy atom. The van der Waals surface area contributed by atoms with Crippen molar-refractivity contribution in [3.8, 4) is 11.4 Å². The largest absolute Gasteiger partial charge is 0.462 e. The molecule has 0 aliphatic carbocycles. The van der Waals surface area contributed by atoms with Gasteiger partial charge >= 0.3 is 6.09 Å². The molecule has 0 unspecified atom stereocenters. The second-order valence-electron chi connectivity index (χ2n) is 2.16. The smallest absolute Gasteiger partial charge is 0.449 e. The number of aromatic nitrogens is 6. The summed E-state index contributed by atoms with van der Waals surface area (Å²) in [5.41, 5.74) is 0.809. The van der Waals surface area contributed by atoms with Crippen LogP contribution >= 0.6 is 0 Å². The van der Waals surface area contributed by atoms with Gasteiger partial charge in [0.05, 0.1) is 12.4 Å². The molecule has 8 nitrogen and oxygen atoms in total. The number of H-pyrrole nitrogens is 1. The van der Waals surface area contributed by atoms with Crippen LogP contribution in [0.25, 0.3) is 11.4 Å². The lowest BCUT2D eigenvalue weighted by molar-refractivity contribution is 0.188. The van der Waals surface area contributed by atoms with E-state index in [2.05, 4.69) is 25.6 Å². The van der Waals surface area contributed by atoms with Crippen molar-refractivity contribution in [3.63, 3.8) is 0 Å². The minimum atomic E-state index is -1.24. The summed E-state index contributed by atoms with van der Waals surface area (Å²) in [6, 6.07) is 0. The van der Waals surface area contributed by atoms with Crippen molar-refractivity contribution in [2.45, 2.75) is 0 Å². The predicted molar refractivity (Wildman–Crippen MR) is 38.8 cm³/mol. The van der Waals surface area contributed by atoms with Crippen LogP contribution in [0.15, 0.2) is 12.4 Å². The number of nitrogens with zero attached hydrogens (tertiary/aromatic N) is 5. The van der Waals surface area contributed by atoms with Gasteiger partial charge in [-0.3, -0.25) is 0 Å². The third-order valence-electron chi connectivity index (χ3n) is 1.34. The molecular formula is C5H4N6O2. The fourth-order valence-electron chi connectivity index (χ4n) is 0.798. The minimum Gasteiger partial charge on any atom is -0.462 e. The van der Waals surface area contributed by atoms with Gasteiger partial charge in [-0.25, -0.2) is 4.79 Å². The molecule has 0 radical (unpaired) electrons. The summed E-state index contributed by atoms with van der Waals surface area (Å²) in [5.74, 6) is 0. The molecule has 0 atom stereocenters. The van der Waals surface area contributed by atoms with Gasteiger partial charge in [-0.2, -0.15) is 20.5 Å². The molecule has 66 valence electrons. The fraction of sp³-hybridized carbons (Fsp3) is 0. The molecule has 0 aromatic carbocycles. The number of aromatic amines is 1. The first-order chi connectivity index (χ1) is 6.27. The van der Waals surface area contributed by atoms with Crippen molar-refractivity contribution in [1.82, 2.24) is 30.4 Å². The van der Waals surface area contributed by atoms with Crippen molar-refractivity contribution < 1.29 is 9.90 Å². The average Bonchev–Trinajstić information content (AvgIpc) is 2.75. The first-order valence-corrected chi connectivity index (χ1v) is 3.29. The highest BCUT2D eigenvalue weighted by Gasteiger charge is 2.09. The second kappa shape index (κ2) is 2.66. The lowest BCUT2D eigenvalue weighted by Gasteiger charge is -1.85. The van der Waals surface area contributed by atoms with E-state index in [1.165, 1.54) is 12.4 Å². The van der Waals surface area contributed by atoms with Crippen LogP contribution in [-0.4, -0.2) is 41.6 Å². The number of rotatable bonds is 1. The molecule has 2 aromatic heterocycles. The number of hydrogen-bond donors (Lipinski definition) is 2. The van der Waals surface area contributed by atoms with Crippen LogP contribution in [0.2, 0.25) is 0 Å². The molecule has 2 rings (SSSR count). The molecule has 13 heavy (non-hydrogen) atoms. The Morgan fingerprint density at radius 2 is 2.31 bits per heavy atom. The van der Waals surface area contributed by atoms with Crippen LogP contribution in [0.4, 0.5) is 4.79 Å². The van der Waals surface area contributed by atoms with Crippen LogP contribution in [0, 0.1) is 0 Å². The molecule has 0 saturated heterocycles. The zero-order valence-corrected chi connectivity index (χ0v) is 6.25. The molecule has 2 heterocycles. The van der Waals surface area contributed by atoms with E-state index >= 15 is 0 Å². The highest BCUT2D eigenvalue weighted by Crippen LogP contribution is 2.08. The molecule has 2 aromatic rings. The molecular weight excluding hydrogens is 176 g/mol. The second-order valence-corrected chi connectivity index (χ2v) is 2.16. The van der Waals surface area contributed by atoms with Gasteiger partial charge in [0.15, 0.2) is 0 Å². The van der Waals surface area contributed by atoms with Gasteiger partial charge in [0.1, 0.15) is 11.4 Å². The van der Waals surface area contributed by atoms with Gasteiger partial charge in [0.2, 0.25) is 0 Å². The Morgan fingerprint density at radius 3 is 2.85 bits per heavy atom.